The minimum absolute atomic E-state index is 0.269. The lowest BCUT2D eigenvalue weighted by atomic mass is 10.1. The Balaban J connectivity index is 2.83. The molecule has 1 rings (SSSR count). The molecule has 0 aliphatic rings. The fraction of sp³-hybridized carbons (Fsp3) is 0.571. The highest BCUT2D eigenvalue weighted by atomic mass is 31.2. The van der Waals surface area contributed by atoms with Crippen LogP contribution in [-0.4, -0.2) is 25.2 Å². The summed E-state index contributed by atoms with van der Waals surface area (Å²) in [5.74, 6) is 0. The summed E-state index contributed by atoms with van der Waals surface area (Å²) in [5, 5.41) is 12.8. The van der Waals surface area contributed by atoms with Gasteiger partial charge in [-0.15, -0.1) is 5.10 Å². The monoisotopic (exact) mass is 405 g/mol. The summed E-state index contributed by atoms with van der Waals surface area (Å²) in [6.45, 7) is 6.20. The van der Waals surface area contributed by atoms with Gasteiger partial charge >= 0.3 is 0 Å². The van der Waals surface area contributed by atoms with Crippen molar-refractivity contribution < 1.29 is 33.8 Å². The van der Waals surface area contributed by atoms with Gasteiger partial charge in [-0.05, 0) is 48.8 Å². The predicted molar refractivity (Wildman–Crippen MR) is 86.3 cm³/mol. The summed E-state index contributed by atoms with van der Waals surface area (Å²) in [6.07, 6.45) is 5.55. The lowest BCUT2D eigenvalue weighted by Gasteiger charge is -2.55. The second-order valence-corrected chi connectivity index (χ2v) is 10.1. The van der Waals surface area contributed by atoms with E-state index in [0.29, 0.717) is 0 Å². The predicted octanol–water partition coefficient (Wildman–Crippen LogP) is -1.01. The van der Waals surface area contributed by atoms with Gasteiger partial charge in [0.05, 0.1) is 12.2 Å². The van der Waals surface area contributed by atoms with E-state index in [0.717, 1.165) is 24.6 Å². The van der Waals surface area contributed by atoms with Crippen molar-refractivity contribution in [1.29, 1.82) is 0 Å². The Hall–Kier alpha value is -1.12. The van der Waals surface area contributed by atoms with Crippen molar-refractivity contribution in [2.24, 2.45) is 0 Å². The van der Waals surface area contributed by atoms with Crippen LogP contribution in [0.5, 0.6) is 0 Å². The second kappa shape index (κ2) is 8.71. The molecule has 10 nitrogen and oxygen atoms in total. The molecular weight excluding hydrogens is 384 g/mol. The molecule has 0 fully saturated rings. The molecule has 1 N–H and O–H groups in total. The van der Waals surface area contributed by atoms with Crippen molar-refractivity contribution in [1.82, 2.24) is 15.0 Å². The molecule has 1 heterocycles. The molecule has 0 atom stereocenters. The van der Waals surface area contributed by atoms with E-state index in [1.165, 1.54) is 10.3 Å². The fourth-order valence-corrected chi connectivity index (χ4v) is 3.95. The number of nitrogens with zero attached hydrogens (tertiary/aromatic N) is 3. The standard InChI is InChI=1S/C14H25N3O7P2/c1-11(2)5-4-6-12(3)7-8-17-10-13(15-16-17)9-14(18,25(19,20)21)26(22,23)24/h5,7,10,18H,4,6,8-9H2,1-3H3,(H2,19,20,21)(H2,22,23,24)/p-4/b12-7+. The lowest BCUT2D eigenvalue weighted by Crippen LogP contribution is -2.47. The largest absolute Gasteiger partial charge is 0.808 e. The van der Waals surface area contributed by atoms with E-state index in [2.05, 4.69) is 16.4 Å². The molecule has 0 radical (unpaired) electrons. The third-order valence-corrected chi connectivity index (χ3v) is 7.14. The summed E-state index contributed by atoms with van der Waals surface area (Å²) >= 11 is 0. The molecule has 0 spiro atoms. The van der Waals surface area contributed by atoms with E-state index >= 15 is 0 Å². The Morgan fingerprint density at radius 2 is 1.77 bits per heavy atom. The van der Waals surface area contributed by atoms with Gasteiger partial charge in [-0.1, -0.05) is 28.5 Å². The molecule has 0 aliphatic heterocycles. The summed E-state index contributed by atoms with van der Waals surface area (Å²) in [6, 6.07) is 0. The molecule has 1 aromatic rings. The average Bonchev–Trinajstić information content (AvgIpc) is 2.89. The van der Waals surface area contributed by atoms with E-state index in [9.17, 15) is 33.8 Å². The number of aliphatic hydroxyl groups is 1. The second-order valence-electron chi connectivity index (χ2n) is 6.25. The van der Waals surface area contributed by atoms with Gasteiger partial charge < -0.3 is 33.8 Å². The summed E-state index contributed by atoms with van der Waals surface area (Å²) in [7, 11) is -12.3. The van der Waals surface area contributed by atoms with Crippen molar-refractivity contribution in [2.75, 3.05) is 0 Å². The molecule has 0 aliphatic carbocycles. The van der Waals surface area contributed by atoms with Gasteiger partial charge in [0.2, 0.25) is 0 Å². The van der Waals surface area contributed by atoms with Crippen LogP contribution in [0.2, 0.25) is 0 Å². The van der Waals surface area contributed by atoms with Gasteiger partial charge in [0.1, 0.15) is 5.08 Å². The van der Waals surface area contributed by atoms with Crippen molar-refractivity contribution in [3.05, 3.63) is 35.2 Å². The van der Waals surface area contributed by atoms with E-state index in [1.807, 2.05) is 26.8 Å². The number of hydrogen-bond acceptors (Lipinski definition) is 9. The molecule has 148 valence electrons. The van der Waals surface area contributed by atoms with Crippen LogP contribution in [0.1, 0.15) is 39.3 Å². The molecule has 0 bridgehead atoms. The van der Waals surface area contributed by atoms with Gasteiger partial charge in [-0.2, -0.15) is 0 Å². The number of rotatable bonds is 9. The first kappa shape index (κ1) is 22.9. The lowest BCUT2D eigenvalue weighted by molar-refractivity contribution is -0.348. The first-order valence-corrected chi connectivity index (χ1v) is 10.8. The Bertz CT molecular complexity index is 749. The van der Waals surface area contributed by atoms with Gasteiger partial charge in [0.25, 0.3) is 0 Å². The summed E-state index contributed by atoms with van der Waals surface area (Å²) in [5.41, 5.74) is 1.99. The summed E-state index contributed by atoms with van der Waals surface area (Å²) < 4.78 is 23.4. The van der Waals surface area contributed by atoms with Gasteiger partial charge in [0.15, 0.2) is 0 Å². The Labute approximate surface area is 151 Å². The van der Waals surface area contributed by atoms with Crippen molar-refractivity contribution >= 4 is 15.2 Å². The third kappa shape index (κ3) is 6.25. The molecule has 26 heavy (non-hydrogen) atoms. The minimum Gasteiger partial charge on any atom is -0.808 e. The van der Waals surface area contributed by atoms with Crippen LogP contribution in [-0.2, 0) is 22.1 Å². The number of hydrogen-bond donors (Lipinski definition) is 1. The average molecular weight is 405 g/mol. The fourth-order valence-electron chi connectivity index (χ4n) is 2.04. The molecular formula is C14H21N3O7P2-4. The van der Waals surface area contributed by atoms with E-state index in [4.69, 9.17) is 0 Å². The quantitative estimate of drug-likeness (QED) is 0.398. The first-order chi connectivity index (χ1) is 11.8. The zero-order valence-electron chi connectivity index (χ0n) is 14.7. The Morgan fingerprint density at radius 1 is 1.19 bits per heavy atom. The first-order valence-electron chi connectivity index (χ1n) is 7.71. The third-order valence-electron chi connectivity index (χ3n) is 3.60. The molecule has 12 heteroatoms. The van der Waals surface area contributed by atoms with Crippen molar-refractivity contribution in [3.63, 3.8) is 0 Å². The Kier molecular flexibility index (Phi) is 7.68. The van der Waals surface area contributed by atoms with Crippen LogP contribution < -0.4 is 19.6 Å². The molecule has 0 aromatic carbocycles. The molecule has 0 amide bonds. The van der Waals surface area contributed by atoms with E-state index < -0.39 is 26.7 Å². The van der Waals surface area contributed by atoms with Crippen molar-refractivity contribution in [3.8, 4) is 0 Å². The normalized spacial score (nSPS) is 13.8. The number of allylic oxidation sites excluding steroid dienone is 4. The topological polar surface area (TPSA) is 177 Å². The van der Waals surface area contributed by atoms with Crippen LogP contribution in [0, 0.1) is 0 Å². The zero-order chi connectivity index (χ0) is 20.2. The summed E-state index contributed by atoms with van der Waals surface area (Å²) in [4.78, 5) is 44.2. The van der Waals surface area contributed by atoms with Gasteiger partial charge in [-0.3, -0.25) is 0 Å². The van der Waals surface area contributed by atoms with Gasteiger partial charge in [0, 0.05) is 12.6 Å². The van der Waals surface area contributed by atoms with Crippen LogP contribution >= 0.6 is 15.2 Å². The van der Waals surface area contributed by atoms with Crippen LogP contribution in [0.25, 0.3) is 0 Å². The Morgan fingerprint density at radius 3 is 2.27 bits per heavy atom. The maximum atomic E-state index is 11.1. The maximum absolute atomic E-state index is 11.1. The molecule has 0 saturated heterocycles. The van der Waals surface area contributed by atoms with Crippen LogP contribution in [0.4, 0.5) is 0 Å². The number of aromatic nitrogens is 3. The SMILES string of the molecule is CC(C)=CCC/C(C)=C/Cn1cc(CC(O)(P(=O)([O-])[O-])P(=O)([O-])[O-])nn1. The maximum Gasteiger partial charge on any atom is 0.123 e. The van der Waals surface area contributed by atoms with E-state index in [1.54, 1.807) is 0 Å². The molecule has 0 unspecified atom stereocenters. The zero-order valence-corrected chi connectivity index (χ0v) is 16.5. The molecule has 0 saturated carbocycles. The minimum atomic E-state index is -6.14. The highest BCUT2D eigenvalue weighted by Crippen LogP contribution is 2.60. The highest BCUT2D eigenvalue weighted by Gasteiger charge is 2.36. The van der Waals surface area contributed by atoms with Gasteiger partial charge in [-0.25, -0.2) is 4.68 Å². The van der Waals surface area contributed by atoms with E-state index in [-0.39, 0.29) is 12.2 Å². The van der Waals surface area contributed by atoms with Crippen LogP contribution in [0.15, 0.2) is 29.5 Å². The highest BCUT2D eigenvalue weighted by molar-refractivity contribution is 7.69. The molecule has 1 aromatic heterocycles. The van der Waals surface area contributed by atoms with Crippen LogP contribution in [0.3, 0.4) is 0 Å². The van der Waals surface area contributed by atoms with Crippen molar-refractivity contribution in [2.45, 2.75) is 51.7 Å². The smallest absolute Gasteiger partial charge is 0.123 e.